The molecule has 1 saturated heterocycles. The summed E-state index contributed by atoms with van der Waals surface area (Å²) in [4.78, 5) is 24.8. The van der Waals surface area contributed by atoms with Crippen LogP contribution in [0.25, 0.3) is 0 Å². The minimum Gasteiger partial charge on any atom is -0.614 e. The highest BCUT2D eigenvalue weighted by Crippen LogP contribution is 2.24. The molecule has 0 aliphatic carbocycles. The molecule has 1 N–H and O–H groups in total. The van der Waals surface area contributed by atoms with Crippen molar-refractivity contribution in [3.8, 4) is 0 Å². The summed E-state index contributed by atoms with van der Waals surface area (Å²) in [5, 5.41) is 9.64. The zero-order chi connectivity index (χ0) is 19.4. The van der Waals surface area contributed by atoms with Gasteiger partial charge in [-0.15, -0.1) is 0 Å². The Bertz CT molecular complexity index is 422. The number of amides is 1. The van der Waals surface area contributed by atoms with Crippen LogP contribution in [-0.2, 0) is 30.2 Å². The van der Waals surface area contributed by atoms with Crippen molar-refractivity contribution in [2.24, 2.45) is 0 Å². The average molecular weight is 392 g/mol. The maximum atomic E-state index is 12.2. The molecule has 0 aromatic carbocycles. The molecule has 0 radical (unpaired) electrons. The molecular weight excluding hydrogens is 358 g/mol. The lowest BCUT2D eigenvalue weighted by molar-refractivity contribution is -0.140. The summed E-state index contributed by atoms with van der Waals surface area (Å²) in [6, 6.07) is 0. The Kier molecular flexibility index (Phi) is 11.9. The Morgan fingerprint density at radius 3 is 2.81 bits per heavy atom. The standard InChI is InChI=1S/C18H33NO6S/c1-3-12-25-13-15(20)9-10-17-19(16(21)14-26(17)23)11-7-5-4-6-8-18(22)24-2/h15,17,20H,3-14H2,1-2H3. The average Bonchev–Trinajstić information content (AvgIpc) is 2.89. The van der Waals surface area contributed by atoms with Gasteiger partial charge in [-0.3, -0.25) is 14.5 Å². The highest BCUT2D eigenvalue weighted by atomic mass is 32.2. The van der Waals surface area contributed by atoms with E-state index in [1.165, 1.54) is 7.11 Å². The number of carbonyl (C=O) groups is 2. The molecule has 1 amide bonds. The van der Waals surface area contributed by atoms with Crippen molar-refractivity contribution in [2.45, 2.75) is 69.8 Å². The predicted molar refractivity (Wildman–Crippen MR) is 100.0 cm³/mol. The molecule has 0 aromatic heterocycles. The topological polar surface area (TPSA) is 99.1 Å². The number of esters is 1. The van der Waals surface area contributed by atoms with Gasteiger partial charge in [0.2, 0.25) is 0 Å². The molecule has 1 fully saturated rings. The van der Waals surface area contributed by atoms with Crippen LogP contribution in [0.2, 0.25) is 0 Å². The zero-order valence-corrected chi connectivity index (χ0v) is 16.8. The normalized spacial score (nSPS) is 21.2. The molecule has 1 aliphatic heterocycles. The number of hydrogen-bond acceptors (Lipinski definition) is 6. The second-order valence-electron chi connectivity index (χ2n) is 6.61. The summed E-state index contributed by atoms with van der Waals surface area (Å²) >= 11 is -1.20. The van der Waals surface area contributed by atoms with E-state index < -0.39 is 17.3 Å². The summed E-state index contributed by atoms with van der Waals surface area (Å²) in [6.07, 6.45) is 5.15. The number of aliphatic hydroxyl groups is 1. The van der Waals surface area contributed by atoms with Gasteiger partial charge in [0.25, 0.3) is 5.91 Å². The van der Waals surface area contributed by atoms with Crippen LogP contribution in [0, 0.1) is 0 Å². The van der Waals surface area contributed by atoms with Crippen LogP contribution in [0.4, 0.5) is 0 Å². The molecule has 8 heteroatoms. The molecule has 0 bridgehead atoms. The second kappa shape index (κ2) is 13.4. The largest absolute Gasteiger partial charge is 0.614 e. The Morgan fingerprint density at radius 2 is 2.12 bits per heavy atom. The van der Waals surface area contributed by atoms with Gasteiger partial charge >= 0.3 is 5.97 Å². The summed E-state index contributed by atoms with van der Waals surface area (Å²) < 4.78 is 22.1. The van der Waals surface area contributed by atoms with Crippen LogP contribution in [0.15, 0.2) is 0 Å². The zero-order valence-electron chi connectivity index (χ0n) is 16.0. The van der Waals surface area contributed by atoms with Crippen molar-refractivity contribution in [3.63, 3.8) is 0 Å². The lowest BCUT2D eigenvalue weighted by Crippen LogP contribution is -2.37. The Hall–Kier alpha value is -0.830. The minimum atomic E-state index is -1.20. The highest BCUT2D eigenvalue weighted by Gasteiger charge is 2.42. The van der Waals surface area contributed by atoms with E-state index in [0.29, 0.717) is 32.4 Å². The number of rotatable bonds is 14. The summed E-state index contributed by atoms with van der Waals surface area (Å²) in [7, 11) is 1.38. The van der Waals surface area contributed by atoms with Crippen LogP contribution in [0.1, 0.15) is 58.3 Å². The fourth-order valence-corrected chi connectivity index (χ4v) is 4.46. The van der Waals surface area contributed by atoms with E-state index in [9.17, 15) is 19.2 Å². The minimum absolute atomic E-state index is 0.0698. The van der Waals surface area contributed by atoms with E-state index in [1.54, 1.807) is 4.90 Å². The fourth-order valence-electron chi connectivity index (χ4n) is 2.95. The number of carbonyl (C=O) groups excluding carboxylic acids is 2. The lowest BCUT2D eigenvalue weighted by atomic mass is 10.1. The quantitative estimate of drug-likeness (QED) is 0.274. The maximum absolute atomic E-state index is 12.2. The van der Waals surface area contributed by atoms with Crippen molar-refractivity contribution in [2.75, 3.05) is 32.6 Å². The van der Waals surface area contributed by atoms with Crippen molar-refractivity contribution in [3.05, 3.63) is 0 Å². The fraction of sp³-hybridized carbons (Fsp3) is 0.889. The van der Waals surface area contributed by atoms with E-state index >= 15 is 0 Å². The number of hydrogen-bond donors (Lipinski definition) is 1. The highest BCUT2D eigenvalue weighted by molar-refractivity contribution is 7.93. The number of aliphatic hydroxyl groups excluding tert-OH is 1. The van der Waals surface area contributed by atoms with E-state index in [2.05, 4.69) is 4.74 Å². The van der Waals surface area contributed by atoms with Gasteiger partial charge in [0.1, 0.15) is 0 Å². The maximum Gasteiger partial charge on any atom is 0.305 e. The third-order valence-corrected chi connectivity index (χ3v) is 6.03. The predicted octanol–water partition coefficient (Wildman–Crippen LogP) is 1.59. The van der Waals surface area contributed by atoms with Gasteiger partial charge in [-0.05, 0) is 36.9 Å². The van der Waals surface area contributed by atoms with E-state index in [-0.39, 0.29) is 29.6 Å². The van der Waals surface area contributed by atoms with Crippen LogP contribution < -0.4 is 0 Å². The molecule has 1 aliphatic rings. The molecule has 152 valence electrons. The third-order valence-electron chi connectivity index (χ3n) is 4.40. The van der Waals surface area contributed by atoms with E-state index in [1.807, 2.05) is 6.92 Å². The third kappa shape index (κ3) is 8.70. The van der Waals surface area contributed by atoms with E-state index in [0.717, 1.165) is 32.1 Å². The first-order valence-corrected chi connectivity index (χ1v) is 10.9. The molecule has 1 heterocycles. The summed E-state index contributed by atoms with van der Waals surface area (Å²) in [5.41, 5.74) is 0. The molecule has 0 spiro atoms. The summed E-state index contributed by atoms with van der Waals surface area (Å²) in [5.74, 6) is -0.189. The van der Waals surface area contributed by atoms with Gasteiger partial charge < -0.3 is 19.1 Å². The Balaban J connectivity index is 2.28. The van der Waals surface area contributed by atoms with Gasteiger partial charge in [-0.1, -0.05) is 19.8 Å². The van der Waals surface area contributed by atoms with Gasteiger partial charge in [0, 0.05) is 26.0 Å². The van der Waals surface area contributed by atoms with Crippen molar-refractivity contribution in [1.29, 1.82) is 0 Å². The molecular formula is C18H33NO6S. The van der Waals surface area contributed by atoms with Crippen molar-refractivity contribution >= 4 is 23.1 Å². The molecule has 26 heavy (non-hydrogen) atoms. The number of nitrogens with zero attached hydrogens (tertiary/aromatic N) is 1. The molecule has 7 nitrogen and oxygen atoms in total. The monoisotopic (exact) mass is 391 g/mol. The first kappa shape index (κ1) is 23.2. The van der Waals surface area contributed by atoms with Gasteiger partial charge in [-0.2, -0.15) is 0 Å². The van der Waals surface area contributed by atoms with Crippen LogP contribution in [0.3, 0.4) is 0 Å². The SMILES string of the molecule is CCCOCC(O)CCC1N(CCCCCCC(=O)OC)C(=O)C[S+]1[O-]. The van der Waals surface area contributed by atoms with Crippen LogP contribution >= 0.6 is 0 Å². The van der Waals surface area contributed by atoms with Gasteiger partial charge in [0.05, 0.1) is 19.8 Å². The first-order valence-electron chi connectivity index (χ1n) is 9.48. The van der Waals surface area contributed by atoms with Crippen molar-refractivity contribution in [1.82, 2.24) is 4.90 Å². The lowest BCUT2D eigenvalue weighted by Gasteiger charge is -2.24. The molecule has 0 saturated carbocycles. The van der Waals surface area contributed by atoms with E-state index in [4.69, 9.17) is 4.74 Å². The summed E-state index contributed by atoms with van der Waals surface area (Å²) in [6.45, 7) is 3.48. The molecule has 0 aromatic rings. The first-order chi connectivity index (χ1) is 12.5. The Morgan fingerprint density at radius 1 is 1.38 bits per heavy atom. The van der Waals surface area contributed by atoms with Gasteiger partial charge in [0.15, 0.2) is 11.1 Å². The van der Waals surface area contributed by atoms with Gasteiger partial charge in [-0.25, -0.2) is 0 Å². The second-order valence-corrected chi connectivity index (χ2v) is 8.21. The number of methoxy groups -OCH3 is 1. The van der Waals surface area contributed by atoms with Crippen LogP contribution in [-0.4, -0.2) is 70.5 Å². The molecule has 3 unspecified atom stereocenters. The molecule has 3 atom stereocenters. The Labute approximate surface area is 159 Å². The van der Waals surface area contributed by atoms with Crippen LogP contribution in [0.5, 0.6) is 0 Å². The number of unbranched alkanes of at least 4 members (excludes halogenated alkanes) is 3. The molecule has 1 rings (SSSR count). The van der Waals surface area contributed by atoms with Crippen molar-refractivity contribution < 1.29 is 28.7 Å². The smallest absolute Gasteiger partial charge is 0.305 e. The number of ether oxygens (including phenoxy) is 2.